The lowest BCUT2D eigenvalue weighted by Gasteiger charge is -2.30. The Morgan fingerprint density at radius 2 is 1.10 bits per heavy atom. The molecular weight excluding hydrogens is 972 g/mol. The van der Waals surface area contributed by atoms with Gasteiger partial charge in [-0.3, -0.25) is 9.59 Å². The number of aromatic amines is 2. The summed E-state index contributed by atoms with van der Waals surface area (Å²) in [7, 11) is 1.43. The standard InChI is InChI=1S/C25H34N4O5S.C19H22ClN3O4S.C6H13NO/c1-4-6-18-15-28(3)23-22(18)26-24(27-25(23)31)20-14-19(7-8-21(20)34-13-5-2)35(32,33)29-11-9-17(16-30)10-12-29;1-4-6-12-11-23(3)17-16(12)21-18(22-19(17)24)14-10-13(28(20,25)26)7-8-15(14)27-9-5-2;8-5-6-1-3-7-4-2-6/h7-8,14-15,17,30H,4-6,9-13,16H2,1-3H3,(H,26,27,31);7-8,10-11H,4-6,9H2,1-3H3,(H,21,22,24);6-8H,1-5H2. The number of aliphatic hydroxyl groups is 2. The Labute approximate surface area is 420 Å². The first kappa shape index (κ1) is 55.2. The van der Waals surface area contributed by atoms with Crippen LogP contribution in [0.4, 0.5) is 0 Å². The summed E-state index contributed by atoms with van der Waals surface area (Å²) in [4.78, 5) is 40.8. The van der Waals surface area contributed by atoms with Crippen LogP contribution in [0.1, 0.15) is 90.2 Å². The second kappa shape index (κ2) is 25.0. The van der Waals surface area contributed by atoms with Gasteiger partial charge < -0.3 is 44.1 Å². The number of H-pyrrole nitrogens is 2. The van der Waals surface area contributed by atoms with Gasteiger partial charge in [0.15, 0.2) is 0 Å². The molecule has 2 aliphatic heterocycles. The van der Waals surface area contributed by atoms with Crippen molar-refractivity contribution >= 4 is 51.8 Å². The van der Waals surface area contributed by atoms with Crippen molar-refractivity contribution in [1.29, 1.82) is 0 Å². The van der Waals surface area contributed by atoms with E-state index in [2.05, 4.69) is 34.1 Å². The summed E-state index contributed by atoms with van der Waals surface area (Å²) in [6.07, 6.45) is 12.3. The maximum atomic E-state index is 13.4. The van der Waals surface area contributed by atoms with E-state index in [0.29, 0.717) is 96.4 Å². The quantitative estimate of drug-likeness (QED) is 0.0603. The summed E-state index contributed by atoms with van der Waals surface area (Å²) in [5.74, 6) is 2.14. The van der Waals surface area contributed by atoms with Crippen molar-refractivity contribution in [3.63, 3.8) is 0 Å². The number of aliphatic hydroxyl groups excluding tert-OH is 2. The maximum absolute atomic E-state index is 13.4. The number of ether oxygens (including phenoxy) is 2. The molecule has 18 nitrogen and oxygen atoms in total. The van der Waals surface area contributed by atoms with Gasteiger partial charge in [0, 0.05) is 63.5 Å². The van der Waals surface area contributed by atoms with Gasteiger partial charge in [0.05, 0.1) is 45.2 Å². The van der Waals surface area contributed by atoms with Gasteiger partial charge in [-0.2, -0.15) is 4.31 Å². The van der Waals surface area contributed by atoms with E-state index < -0.39 is 19.1 Å². The third-order valence-corrected chi connectivity index (χ3v) is 15.9. The molecule has 0 atom stereocenters. The second-order valence-corrected chi connectivity index (χ2v) is 22.6. The van der Waals surface area contributed by atoms with Crippen molar-refractivity contribution in [2.75, 3.05) is 52.6 Å². The molecule has 2 aliphatic rings. The number of nitrogens with one attached hydrogen (secondary N) is 3. The second-order valence-electron chi connectivity index (χ2n) is 18.1. The third-order valence-electron chi connectivity index (χ3n) is 12.6. The number of hydrogen-bond acceptors (Lipinski definition) is 13. The first-order valence-electron chi connectivity index (χ1n) is 24.6. The molecule has 0 radical (unpaired) electrons. The lowest BCUT2D eigenvalue weighted by molar-refractivity contribution is 0.170. The van der Waals surface area contributed by atoms with Crippen molar-refractivity contribution in [3.05, 3.63) is 80.6 Å². The molecule has 6 aromatic rings. The highest BCUT2D eigenvalue weighted by molar-refractivity contribution is 8.13. The van der Waals surface area contributed by atoms with Crippen molar-refractivity contribution < 1.29 is 36.5 Å². The van der Waals surface area contributed by atoms with Gasteiger partial charge in [-0.15, -0.1) is 0 Å². The van der Waals surface area contributed by atoms with Crippen LogP contribution in [0.15, 0.2) is 68.2 Å². The molecular formula is C50H69ClN8O10S2. The van der Waals surface area contributed by atoms with Crippen LogP contribution in [-0.2, 0) is 46.0 Å². The monoisotopic (exact) mass is 1040 g/mol. The Morgan fingerprint density at radius 3 is 1.51 bits per heavy atom. The van der Waals surface area contributed by atoms with E-state index in [-0.39, 0.29) is 45.1 Å². The maximum Gasteiger partial charge on any atom is 0.275 e. The van der Waals surface area contributed by atoms with E-state index in [1.807, 2.05) is 33.3 Å². The van der Waals surface area contributed by atoms with E-state index in [1.165, 1.54) is 22.5 Å². The van der Waals surface area contributed by atoms with E-state index in [4.69, 9.17) is 30.2 Å². The highest BCUT2D eigenvalue weighted by Gasteiger charge is 2.30. The molecule has 71 heavy (non-hydrogen) atoms. The summed E-state index contributed by atoms with van der Waals surface area (Å²) in [6, 6.07) is 9.01. The van der Waals surface area contributed by atoms with Gasteiger partial charge in [0.1, 0.15) is 34.2 Å². The molecule has 0 aliphatic carbocycles. The van der Waals surface area contributed by atoms with Crippen LogP contribution < -0.4 is 25.9 Å². The van der Waals surface area contributed by atoms with Crippen LogP contribution >= 0.6 is 10.7 Å². The number of aromatic nitrogens is 6. The molecule has 0 spiro atoms. The summed E-state index contributed by atoms with van der Waals surface area (Å²) >= 11 is 0. The number of rotatable bonds is 17. The van der Waals surface area contributed by atoms with E-state index in [1.54, 1.807) is 34.4 Å². The van der Waals surface area contributed by atoms with Gasteiger partial charge in [-0.25, -0.2) is 26.8 Å². The predicted molar refractivity (Wildman–Crippen MR) is 277 cm³/mol. The molecule has 0 unspecified atom stereocenters. The number of nitrogens with zero attached hydrogens (tertiary/aromatic N) is 5. The van der Waals surface area contributed by atoms with Crippen LogP contribution in [0.2, 0.25) is 0 Å². The summed E-state index contributed by atoms with van der Waals surface area (Å²) in [6.45, 7) is 12.3. The SMILES string of the molecule is CCCOc1ccc(S(=O)(=O)Cl)cc1-c1nc2c(CCC)cn(C)c2c(=O)[nH]1.CCCOc1ccc(S(=O)(=O)N2CCC(CO)CC2)cc1-c1nc2c(CCC)cn(C)c2c(=O)[nH]1.OCC1CCNCC1. The van der Waals surface area contributed by atoms with Gasteiger partial charge in [0.2, 0.25) is 10.0 Å². The largest absolute Gasteiger partial charge is 0.493 e. The zero-order chi connectivity index (χ0) is 51.5. The van der Waals surface area contributed by atoms with E-state index >= 15 is 0 Å². The number of hydrogen-bond donors (Lipinski definition) is 5. The van der Waals surface area contributed by atoms with Crippen molar-refractivity contribution in [2.45, 2.75) is 102 Å². The molecule has 2 saturated heterocycles. The number of fused-ring (bicyclic) bond motifs is 2. The Hall–Kier alpha value is -5.09. The number of sulfonamides is 1. The average molecular weight is 1040 g/mol. The minimum absolute atomic E-state index is 0.0719. The fourth-order valence-corrected chi connectivity index (χ4v) is 11.1. The Bertz CT molecular complexity index is 3100. The normalized spacial score (nSPS) is 15.1. The first-order valence-corrected chi connectivity index (χ1v) is 28.3. The van der Waals surface area contributed by atoms with Gasteiger partial charge in [-0.1, -0.05) is 40.5 Å². The molecule has 5 N–H and O–H groups in total. The molecule has 388 valence electrons. The lowest BCUT2D eigenvalue weighted by Crippen LogP contribution is -2.39. The zero-order valence-corrected chi connectivity index (χ0v) is 44.0. The Balaban J connectivity index is 0.000000204. The van der Waals surface area contributed by atoms with Crippen LogP contribution in [-0.4, -0.2) is 113 Å². The van der Waals surface area contributed by atoms with E-state index in [0.717, 1.165) is 75.6 Å². The van der Waals surface area contributed by atoms with Gasteiger partial charge >= 0.3 is 0 Å². The summed E-state index contributed by atoms with van der Waals surface area (Å²) in [5.41, 5.74) is 4.36. The highest BCUT2D eigenvalue weighted by atomic mass is 35.7. The number of benzene rings is 2. The Kier molecular flexibility index (Phi) is 19.5. The van der Waals surface area contributed by atoms with Crippen LogP contribution in [0.5, 0.6) is 11.5 Å². The molecule has 0 amide bonds. The van der Waals surface area contributed by atoms with Crippen molar-refractivity contribution in [2.24, 2.45) is 25.9 Å². The van der Waals surface area contributed by atoms with Crippen molar-refractivity contribution in [3.8, 4) is 34.3 Å². The minimum atomic E-state index is -3.94. The number of piperidine rings is 2. The molecule has 0 saturated carbocycles. The number of halogens is 1. The molecule has 8 rings (SSSR count). The minimum Gasteiger partial charge on any atom is -0.493 e. The van der Waals surface area contributed by atoms with Crippen LogP contribution in [0, 0.1) is 11.8 Å². The fraction of sp³-hybridized carbons (Fsp3) is 0.520. The van der Waals surface area contributed by atoms with Gasteiger partial charge in [0.25, 0.3) is 20.2 Å². The fourth-order valence-electron chi connectivity index (χ4n) is 8.84. The summed E-state index contributed by atoms with van der Waals surface area (Å²) in [5, 5.41) is 21.3. The van der Waals surface area contributed by atoms with Crippen molar-refractivity contribution in [1.82, 2.24) is 38.7 Å². The number of aryl methyl sites for hydroxylation is 4. The van der Waals surface area contributed by atoms with Crippen LogP contribution in [0.25, 0.3) is 44.8 Å². The highest BCUT2D eigenvalue weighted by Crippen LogP contribution is 2.35. The summed E-state index contributed by atoms with van der Waals surface area (Å²) < 4.78 is 67.1. The molecule has 6 heterocycles. The molecule has 2 fully saturated rings. The smallest absolute Gasteiger partial charge is 0.275 e. The Morgan fingerprint density at radius 1 is 0.662 bits per heavy atom. The molecule has 0 bridgehead atoms. The van der Waals surface area contributed by atoms with Gasteiger partial charge in [-0.05, 0) is 124 Å². The molecule has 4 aromatic heterocycles. The molecule has 2 aromatic carbocycles. The van der Waals surface area contributed by atoms with E-state index in [9.17, 15) is 31.5 Å². The third kappa shape index (κ3) is 13.3. The molecule has 21 heteroatoms. The first-order chi connectivity index (χ1) is 34.0. The average Bonchev–Trinajstić information content (AvgIpc) is 3.87. The van der Waals surface area contributed by atoms with Crippen LogP contribution in [0.3, 0.4) is 0 Å². The predicted octanol–water partition coefficient (Wildman–Crippen LogP) is 6.64. The lowest BCUT2D eigenvalue weighted by atomic mass is 10.00. The topological polar surface area (TPSA) is 244 Å². The zero-order valence-electron chi connectivity index (χ0n) is 41.6.